The molecule has 2 aliphatic rings. The van der Waals surface area contributed by atoms with Gasteiger partial charge in [-0.15, -0.1) is 0 Å². The molecule has 0 aliphatic carbocycles. The molecule has 1 N–H and O–H groups in total. The monoisotopic (exact) mass is 584 g/mol. The molecule has 0 unspecified atom stereocenters. The number of nitrogens with one attached hydrogen (secondary N) is 1. The Morgan fingerprint density at radius 2 is 1.75 bits per heavy atom. The highest BCUT2D eigenvalue weighted by molar-refractivity contribution is 5.96. The SMILES string of the molecule is N#Cc1ccc2[nH]cc(CCCCN3CC=C(c4ccc(C(=O)CCC5CCN(Cc6ccccc6)CC5)cc4)CC3)c2c1. The minimum atomic E-state index is 0.283. The molecule has 1 fully saturated rings. The van der Waals surface area contributed by atoms with Crippen molar-refractivity contribution in [2.24, 2.45) is 5.92 Å². The van der Waals surface area contributed by atoms with Crippen LogP contribution < -0.4 is 0 Å². The number of benzene rings is 3. The minimum Gasteiger partial charge on any atom is -0.361 e. The number of fused-ring (bicyclic) bond motifs is 1. The number of piperidine rings is 1. The van der Waals surface area contributed by atoms with Gasteiger partial charge < -0.3 is 4.98 Å². The zero-order valence-corrected chi connectivity index (χ0v) is 25.8. The summed E-state index contributed by atoms with van der Waals surface area (Å²) in [6.45, 7) is 6.46. The highest BCUT2D eigenvalue weighted by atomic mass is 16.1. The first kappa shape index (κ1) is 30.1. The zero-order chi connectivity index (χ0) is 30.1. The number of aromatic nitrogens is 1. The van der Waals surface area contributed by atoms with Gasteiger partial charge in [0.15, 0.2) is 5.78 Å². The summed E-state index contributed by atoms with van der Waals surface area (Å²) < 4.78 is 0. The van der Waals surface area contributed by atoms with Crippen molar-refractivity contribution < 1.29 is 4.79 Å². The first-order valence-electron chi connectivity index (χ1n) is 16.5. The highest BCUT2D eigenvalue weighted by Gasteiger charge is 2.21. The number of carbonyl (C=O) groups excluding carboxylic acids is 1. The zero-order valence-electron chi connectivity index (χ0n) is 25.8. The van der Waals surface area contributed by atoms with Gasteiger partial charge in [-0.05, 0) is 111 Å². The predicted octanol–water partition coefficient (Wildman–Crippen LogP) is 8.03. The summed E-state index contributed by atoms with van der Waals surface area (Å²) in [6.07, 6.45) is 12.9. The van der Waals surface area contributed by atoms with E-state index in [1.807, 2.05) is 30.3 Å². The number of aryl methyl sites for hydroxylation is 1. The van der Waals surface area contributed by atoms with Gasteiger partial charge in [0.1, 0.15) is 0 Å². The molecule has 0 spiro atoms. The number of nitriles is 1. The van der Waals surface area contributed by atoms with E-state index < -0.39 is 0 Å². The molecule has 0 amide bonds. The smallest absolute Gasteiger partial charge is 0.162 e. The molecular formula is C39H44N4O. The topological polar surface area (TPSA) is 63.1 Å². The van der Waals surface area contributed by atoms with Crippen LogP contribution in [0.2, 0.25) is 0 Å². The number of likely N-dealkylation sites (tertiary alicyclic amines) is 1. The van der Waals surface area contributed by atoms with Crippen molar-refractivity contribution in [3.8, 4) is 6.07 Å². The van der Waals surface area contributed by atoms with Crippen molar-refractivity contribution in [3.63, 3.8) is 0 Å². The van der Waals surface area contributed by atoms with E-state index in [0.29, 0.717) is 12.3 Å². The van der Waals surface area contributed by atoms with Crippen LogP contribution in [0.4, 0.5) is 0 Å². The van der Waals surface area contributed by atoms with Crippen molar-refractivity contribution in [2.75, 3.05) is 32.7 Å². The molecule has 44 heavy (non-hydrogen) atoms. The normalized spacial score (nSPS) is 16.6. The third-order valence-electron chi connectivity index (χ3n) is 9.67. The van der Waals surface area contributed by atoms with E-state index in [0.717, 1.165) is 88.0 Å². The van der Waals surface area contributed by atoms with E-state index in [-0.39, 0.29) is 5.78 Å². The van der Waals surface area contributed by atoms with E-state index in [1.165, 1.54) is 40.5 Å². The number of Topliss-reactive ketones (excluding diaryl/α,β-unsaturated/α-hetero) is 1. The van der Waals surface area contributed by atoms with Crippen LogP contribution in [0.1, 0.15) is 77.6 Å². The third kappa shape index (κ3) is 7.75. The summed E-state index contributed by atoms with van der Waals surface area (Å²) in [5.74, 6) is 0.942. The summed E-state index contributed by atoms with van der Waals surface area (Å²) in [6, 6.07) is 27.2. The number of aromatic amines is 1. The van der Waals surface area contributed by atoms with E-state index >= 15 is 0 Å². The van der Waals surface area contributed by atoms with Crippen LogP contribution in [0.25, 0.3) is 16.5 Å². The van der Waals surface area contributed by atoms with Crippen molar-refractivity contribution >= 4 is 22.3 Å². The maximum absolute atomic E-state index is 13.0. The van der Waals surface area contributed by atoms with Gasteiger partial charge in [0, 0.05) is 48.7 Å². The van der Waals surface area contributed by atoms with Crippen molar-refractivity contribution in [1.82, 2.24) is 14.8 Å². The maximum Gasteiger partial charge on any atom is 0.162 e. The molecule has 3 aromatic carbocycles. The van der Waals surface area contributed by atoms with E-state index in [9.17, 15) is 10.1 Å². The summed E-state index contributed by atoms with van der Waals surface area (Å²) in [5.41, 5.74) is 8.02. The largest absolute Gasteiger partial charge is 0.361 e. The molecule has 3 heterocycles. The molecular weight excluding hydrogens is 540 g/mol. The Hall–Kier alpha value is -3.98. The van der Waals surface area contributed by atoms with Gasteiger partial charge in [0.25, 0.3) is 0 Å². The molecule has 5 nitrogen and oxygen atoms in total. The van der Waals surface area contributed by atoms with E-state index in [2.05, 4.69) is 75.6 Å². The number of ketones is 1. The molecule has 0 radical (unpaired) electrons. The van der Waals surface area contributed by atoms with Gasteiger partial charge >= 0.3 is 0 Å². The van der Waals surface area contributed by atoms with Gasteiger partial charge in [-0.25, -0.2) is 0 Å². The minimum absolute atomic E-state index is 0.283. The molecule has 6 rings (SSSR count). The van der Waals surface area contributed by atoms with Crippen LogP contribution in [0, 0.1) is 17.2 Å². The van der Waals surface area contributed by atoms with Crippen molar-refractivity contribution in [3.05, 3.63) is 113 Å². The summed E-state index contributed by atoms with van der Waals surface area (Å²) in [4.78, 5) is 21.4. The second-order valence-electron chi connectivity index (χ2n) is 12.7. The lowest BCUT2D eigenvalue weighted by molar-refractivity contribution is 0.0961. The summed E-state index contributed by atoms with van der Waals surface area (Å²) in [5, 5.41) is 10.4. The van der Waals surface area contributed by atoms with Gasteiger partial charge in [-0.3, -0.25) is 14.6 Å². The Balaban J connectivity index is 0.897. The van der Waals surface area contributed by atoms with Crippen LogP contribution in [-0.4, -0.2) is 53.3 Å². The number of nitrogens with zero attached hydrogens (tertiary/aromatic N) is 3. The van der Waals surface area contributed by atoms with Crippen molar-refractivity contribution in [2.45, 2.75) is 57.9 Å². The molecule has 2 aliphatic heterocycles. The van der Waals surface area contributed by atoms with Gasteiger partial charge in [0.2, 0.25) is 0 Å². The molecule has 1 aromatic heterocycles. The average Bonchev–Trinajstić information content (AvgIpc) is 3.49. The Bertz CT molecular complexity index is 1600. The number of H-pyrrole nitrogens is 1. The molecule has 0 saturated carbocycles. The summed E-state index contributed by atoms with van der Waals surface area (Å²) >= 11 is 0. The second kappa shape index (κ2) is 14.7. The average molecular weight is 585 g/mol. The fourth-order valence-electron chi connectivity index (χ4n) is 6.91. The highest BCUT2D eigenvalue weighted by Crippen LogP contribution is 2.26. The van der Waals surface area contributed by atoms with E-state index in [4.69, 9.17) is 0 Å². The second-order valence-corrected chi connectivity index (χ2v) is 12.7. The van der Waals surface area contributed by atoms with Gasteiger partial charge in [-0.2, -0.15) is 5.26 Å². The fourth-order valence-corrected chi connectivity index (χ4v) is 6.91. The number of hydrogen-bond acceptors (Lipinski definition) is 4. The first-order chi connectivity index (χ1) is 21.6. The Morgan fingerprint density at radius 1 is 0.932 bits per heavy atom. The molecule has 0 atom stereocenters. The van der Waals surface area contributed by atoms with Gasteiger partial charge in [-0.1, -0.05) is 60.7 Å². The Labute approximate surface area is 262 Å². The lowest BCUT2D eigenvalue weighted by atomic mass is 9.90. The Kier molecular flexibility index (Phi) is 10.0. The molecule has 5 heteroatoms. The van der Waals surface area contributed by atoms with Crippen LogP contribution in [-0.2, 0) is 13.0 Å². The molecule has 0 bridgehead atoms. The van der Waals surface area contributed by atoms with Crippen LogP contribution >= 0.6 is 0 Å². The van der Waals surface area contributed by atoms with E-state index in [1.54, 1.807) is 0 Å². The number of carbonyl (C=O) groups is 1. The lowest BCUT2D eigenvalue weighted by Crippen LogP contribution is -2.33. The Morgan fingerprint density at radius 3 is 2.50 bits per heavy atom. The quantitative estimate of drug-likeness (QED) is 0.135. The molecule has 1 saturated heterocycles. The van der Waals surface area contributed by atoms with Crippen LogP contribution in [0.5, 0.6) is 0 Å². The first-order valence-corrected chi connectivity index (χ1v) is 16.5. The van der Waals surface area contributed by atoms with Crippen molar-refractivity contribution in [1.29, 1.82) is 5.26 Å². The van der Waals surface area contributed by atoms with Crippen LogP contribution in [0.15, 0.2) is 85.1 Å². The summed E-state index contributed by atoms with van der Waals surface area (Å²) in [7, 11) is 0. The number of rotatable bonds is 12. The maximum atomic E-state index is 13.0. The third-order valence-corrected chi connectivity index (χ3v) is 9.67. The fraction of sp³-hybridized carbons (Fsp3) is 0.385. The lowest BCUT2D eigenvalue weighted by Gasteiger charge is -2.32. The standard InChI is InChI=1S/C39H44N4O/c40-27-32-9-15-38-37(26-32)36(28-41-38)8-4-5-21-42-24-19-34(20-25-42)33-11-13-35(14-12-33)39(44)16-10-30-17-22-43(23-18-30)29-31-6-2-1-3-7-31/h1-3,6-7,9,11-15,19,26,28,30,41H,4-5,8,10,16-18,20-25,29H2. The predicted molar refractivity (Wildman–Crippen MR) is 179 cm³/mol. The number of unbranched alkanes of at least 4 members (excludes halogenated alkanes) is 1. The molecule has 4 aromatic rings. The van der Waals surface area contributed by atoms with Gasteiger partial charge in [0.05, 0.1) is 11.6 Å². The van der Waals surface area contributed by atoms with Crippen LogP contribution in [0.3, 0.4) is 0 Å². The molecule has 226 valence electrons. The number of hydrogen-bond donors (Lipinski definition) is 1.